The number of nitrogens with zero attached hydrogens (tertiary/aromatic N) is 4. The van der Waals surface area contributed by atoms with Gasteiger partial charge in [-0.3, -0.25) is 4.99 Å². The average Bonchev–Trinajstić information content (AvgIpc) is 3.26. The quantitative estimate of drug-likeness (QED) is 0.592. The van der Waals surface area contributed by atoms with Crippen molar-refractivity contribution in [1.82, 2.24) is 25.4 Å². The molecule has 2 aliphatic rings. The summed E-state index contributed by atoms with van der Waals surface area (Å²) < 4.78 is 3.15. The molecule has 1 aromatic carbocycles. The Kier molecular flexibility index (Phi) is 4.98. The summed E-state index contributed by atoms with van der Waals surface area (Å²) in [6, 6.07) is 9.24. The van der Waals surface area contributed by atoms with Crippen LogP contribution in [0.2, 0.25) is 0 Å². The molecule has 3 unspecified atom stereocenters. The maximum Gasteiger partial charge on any atom is 0.192 e. The Balaban J connectivity index is 1.42. The zero-order valence-corrected chi connectivity index (χ0v) is 16.8. The molecular formula is C19H25BrN6. The van der Waals surface area contributed by atoms with Gasteiger partial charge in [0.15, 0.2) is 5.96 Å². The van der Waals surface area contributed by atoms with Crippen LogP contribution in [-0.2, 0) is 6.54 Å². The van der Waals surface area contributed by atoms with Gasteiger partial charge in [-0.05, 0) is 50.8 Å². The Morgan fingerprint density at radius 1 is 1.31 bits per heavy atom. The van der Waals surface area contributed by atoms with Gasteiger partial charge in [-0.25, -0.2) is 9.67 Å². The van der Waals surface area contributed by atoms with Gasteiger partial charge in [-0.1, -0.05) is 28.1 Å². The molecule has 3 atom stereocenters. The molecule has 4 rings (SSSR count). The molecule has 1 fully saturated rings. The molecule has 26 heavy (non-hydrogen) atoms. The summed E-state index contributed by atoms with van der Waals surface area (Å²) >= 11 is 3.50. The van der Waals surface area contributed by atoms with Crippen molar-refractivity contribution in [3.8, 4) is 0 Å². The lowest BCUT2D eigenvalue weighted by molar-refractivity contribution is 0.397. The Labute approximate surface area is 162 Å². The third kappa shape index (κ3) is 3.77. The molecule has 2 N–H and O–H groups in total. The molecule has 138 valence electrons. The summed E-state index contributed by atoms with van der Waals surface area (Å²) in [4.78, 5) is 9.26. The van der Waals surface area contributed by atoms with Crippen LogP contribution in [0.5, 0.6) is 0 Å². The summed E-state index contributed by atoms with van der Waals surface area (Å²) in [5, 5.41) is 11.7. The summed E-state index contributed by atoms with van der Waals surface area (Å²) in [6.07, 6.45) is 3.31. The highest BCUT2D eigenvalue weighted by molar-refractivity contribution is 9.10. The smallest absolute Gasteiger partial charge is 0.192 e. The fraction of sp³-hybridized carbons (Fsp3) is 0.526. The summed E-state index contributed by atoms with van der Waals surface area (Å²) in [5.74, 6) is 3.31. The molecule has 0 spiro atoms. The van der Waals surface area contributed by atoms with Crippen molar-refractivity contribution in [2.24, 2.45) is 4.99 Å². The van der Waals surface area contributed by atoms with Crippen LogP contribution >= 0.6 is 15.9 Å². The standard InChI is InChI=1S/C19H25BrN6/c1-3-21-19(23-16-5-4-10-26-18(16)22-12(2)25-26)24-17-11-15(17)13-6-8-14(20)9-7-13/h6-9,15-17H,3-5,10-11H2,1-2H3,(H2,21,23,24). The van der Waals surface area contributed by atoms with Crippen LogP contribution in [0.1, 0.15) is 55.4 Å². The highest BCUT2D eigenvalue weighted by atomic mass is 79.9. The van der Waals surface area contributed by atoms with E-state index < -0.39 is 0 Å². The van der Waals surface area contributed by atoms with Gasteiger partial charge in [0.2, 0.25) is 0 Å². The highest BCUT2D eigenvalue weighted by Gasteiger charge is 2.39. The molecule has 1 aliphatic carbocycles. The number of halogens is 1. The molecule has 1 aromatic heterocycles. The topological polar surface area (TPSA) is 67.1 Å². The van der Waals surface area contributed by atoms with Crippen molar-refractivity contribution in [2.45, 2.75) is 57.7 Å². The van der Waals surface area contributed by atoms with Crippen molar-refractivity contribution in [3.63, 3.8) is 0 Å². The Morgan fingerprint density at radius 3 is 2.88 bits per heavy atom. The molecular weight excluding hydrogens is 392 g/mol. The molecule has 0 saturated heterocycles. The summed E-state index contributed by atoms with van der Waals surface area (Å²) in [7, 11) is 0. The fourth-order valence-corrected chi connectivity index (χ4v) is 3.93. The van der Waals surface area contributed by atoms with Gasteiger partial charge in [0.25, 0.3) is 0 Å². The zero-order chi connectivity index (χ0) is 18.1. The Bertz CT molecular complexity index is 797. The Morgan fingerprint density at radius 2 is 2.12 bits per heavy atom. The van der Waals surface area contributed by atoms with Gasteiger partial charge in [-0.2, -0.15) is 5.10 Å². The number of aromatic nitrogens is 3. The number of rotatable bonds is 4. The van der Waals surface area contributed by atoms with Gasteiger partial charge in [0.05, 0.1) is 6.04 Å². The van der Waals surface area contributed by atoms with Crippen molar-refractivity contribution in [3.05, 3.63) is 46.0 Å². The van der Waals surface area contributed by atoms with E-state index in [1.807, 2.05) is 11.6 Å². The molecule has 0 bridgehead atoms. The van der Waals surface area contributed by atoms with Crippen molar-refractivity contribution in [2.75, 3.05) is 6.54 Å². The SMILES string of the molecule is CCN=C(NC1CCCn2nc(C)nc21)NC1CC1c1ccc(Br)cc1. The second kappa shape index (κ2) is 7.39. The minimum Gasteiger partial charge on any atom is -0.353 e. The lowest BCUT2D eigenvalue weighted by Crippen LogP contribution is -2.43. The van der Waals surface area contributed by atoms with E-state index in [1.54, 1.807) is 0 Å². The average molecular weight is 417 g/mol. The van der Waals surface area contributed by atoms with E-state index in [4.69, 9.17) is 0 Å². The van der Waals surface area contributed by atoms with E-state index in [0.717, 1.165) is 54.4 Å². The van der Waals surface area contributed by atoms with E-state index in [1.165, 1.54) is 5.56 Å². The van der Waals surface area contributed by atoms with Gasteiger partial charge in [0, 0.05) is 29.5 Å². The number of benzene rings is 1. The monoisotopic (exact) mass is 416 g/mol. The van der Waals surface area contributed by atoms with Gasteiger partial charge in [0.1, 0.15) is 11.6 Å². The van der Waals surface area contributed by atoms with Crippen LogP contribution in [0.3, 0.4) is 0 Å². The molecule has 1 saturated carbocycles. The van der Waals surface area contributed by atoms with E-state index in [9.17, 15) is 0 Å². The minimum absolute atomic E-state index is 0.174. The summed E-state index contributed by atoms with van der Waals surface area (Å²) in [5.41, 5.74) is 1.38. The first kappa shape index (κ1) is 17.5. The number of hydrogen-bond donors (Lipinski definition) is 2. The number of aliphatic imine (C=N–C) groups is 1. The van der Waals surface area contributed by atoms with Gasteiger partial charge >= 0.3 is 0 Å². The maximum atomic E-state index is 4.65. The number of aryl methyl sites for hydroxylation is 2. The second-order valence-corrected chi connectivity index (χ2v) is 7.96. The third-order valence-electron chi connectivity index (χ3n) is 5.02. The molecule has 2 aromatic rings. The summed E-state index contributed by atoms with van der Waals surface area (Å²) in [6.45, 7) is 5.73. The minimum atomic E-state index is 0.174. The van der Waals surface area contributed by atoms with E-state index in [2.05, 4.69) is 72.8 Å². The normalized spacial score (nSPS) is 24.9. The number of guanidine groups is 1. The zero-order valence-electron chi connectivity index (χ0n) is 15.2. The fourth-order valence-electron chi connectivity index (χ4n) is 3.67. The van der Waals surface area contributed by atoms with Crippen LogP contribution in [0.25, 0.3) is 0 Å². The van der Waals surface area contributed by atoms with Crippen LogP contribution in [0, 0.1) is 6.92 Å². The van der Waals surface area contributed by atoms with Crippen LogP contribution in [0.4, 0.5) is 0 Å². The van der Waals surface area contributed by atoms with E-state index >= 15 is 0 Å². The maximum absolute atomic E-state index is 4.65. The van der Waals surface area contributed by atoms with Crippen molar-refractivity contribution in [1.29, 1.82) is 0 Å². The predicted octanol–water partition coefficient (Wildman–Crippen LogP) is 3.30. The van der Waals surface area contributed by atoms with Crippen LogP contribution < -0.4 is 10.6 Å². The lowest BCUT2D eigenvalue weighted by atomic mass is 10.1. The molecule has 2 heterocycles. The molecule has 6 nitrogen and oxygen atoms in total. The van der Waals surface area contributed by atoms with Gasteiger partial charge < -0.3 is 10.6 Å². The number of hydrogen-bond acceptors (Lipinski definition) is 3. The predicted molar refractivity (Wildman–Crippen MR) is 106 cm³/mol. The first-order chi connectivity index (χ1) is 12.6. The van der Waals surface area contributed by atoms with Crippen LogP contribution in [-0.4, -0.2) is 33.3 Å². The molecule has 0 radical (unpaired) electrons. The van der Waals surface area contributed by atoms with Crippen LogP contribution in [0.15, 0.2) is 33.7 Å². The first-order valence-electron chi connectivity index (χ1n) is 9.38. The Hall–Kier alpha value is -1.89. The first-order valence-corrected chi connectivity index (χ1v) is 10.2. The van der Waals surface area contributed by atoms with E-state index in [0.29, 0.717) is 12.0 Å². The number of fused-ring (bicyclic) bond motifs is 1. The third-order valence-corrected chi connectivity index (χ3v) is 5.55. The molecule has 0 amide bonds. The number of nitrogens with one attached hydrogen (secondary N) is 2. The lowest BCUT2D eigenvalue weighted by Gasteiger charge is -2.25. The second-order valence-electron chi connectivity index (χ2n) is 7.05. The van der Waals surface area contributed by atoms with Gasteiger partial charge in [-0.15, -0.1) is 0 Å². The largest absolute Gasteiger partial charge is 0.353 e. The van der Waals surface area contributed by atoms with Crippen molar-refractivity contribution < 1.29 is 0 Å². The van der Waals surface area contributed by atoms with E-state index in [-0.39, 0.29) is 6.04 Å². The van der Waals surface area contributed by atoms with Crippen molar-refractivity contribution >= 4 is 21.9 Å². The molecule has 1 aliphatic heterocycles. The molecule has 7 heteroatoms. The highest BCUT2D eigenvalue weighted by Crippen LogP contribution is 2.41.